The van der Waals surface area contributed by atoms with Gasteiger partial charge >= 0.3 is 0 Å². The van der Waals surface area contributed by atoms with E-state index in [1.54, 1.807) is 12.1 Å². The van der Waals surface area contributed by atoms with Crippen LogP contribution in [0.3, 0.4) is 0 Å². The van der Waals surface area contributed by atoms with E-state index in [1.165, 1.54) is 0 Å². The van der Waals surface area contributed by atoms with Gasteiger partial charge < -0.3 is 5.73 Å². The Bertz CT molecular complexity index is 931. The molecule has 0 amide bonds. The van der Waals surface area contributed by atoms with Crippen LogP contribution < -0.4 is 10.5 Å². The number of hydrogen-bond acceptors (Lipinski definition) is 3. The Morgan fingerprint density at radius 3 is 2.39 bits per heavy atom. The molecule has 0 aromatic heterocycles. The molecule has 0 bridgehead atoms. The second kappa shape index (κ2) is 6.50. The number of nitrogens with two attached hydrogens (primary N) is 1. The van der Waals surface area contributed by atoms with Gasteiger partial charge in [-0.25, -0.2) is 13.1 Å². The van der Waals surface area contributed by atoms with Gasteiger partial charge in [0, 0.05) is 18.5 Å². The lowest BCUT2D eigenvalue weighted by atomic mass is 10.1. The molecule has 3 rings (SSSR count). The van der Waals surface area contributed by atoms with Crippen LogP contribution in [0, 0.1) is 0 Å². The van der Waals surface area contributed by atoms with Gasteiger partial charge in [0.15, 0.2) is 0 Å². The maximum atomic E-state index is 12.6. The van der Waals surface area contributed by atoms with Crippen LogP contribution in [0.2, 0.25) is 0 Å². The Balaban J connectivity index is 1.89. The molecule has 0 saturated carbocycles. The van der Waals surface area contributed by atoms with Crippen molar-refractivity contribution in [2.75, 3.05) is 0 Å². The molecule has 0 fully saturated rings. The third kappa shape index (κ3) is 3.42. The fourth-order valence-electron chi connectivity index (χ4n) is 2.55. The molecular weight excluding hydrogens is 308 g/mol. The summed E-state index contributed by atoms with van der Waals surface area (Å²) in [5, 5.41) is 1.62. The van der Waals surface area contributed by atoms with Crippen molar-refractivity contribution in [3.05, 3.63) is 77.9 Å². The van der Waals surface area contributed by atoms with Crippen molar-refractivity contribution in [3.63, 3.8) is 0 Å². The predicted molar refractivity (Wildman–Crippen MR) is 92.3 cm³/mol. The first-order valence-electron chi connectivity index (χ1n) is 7.35. The van der Waals surface area contributed by atoms with E-state index in [0.717, 1.165) is 21.9 Å². The first-order valence-corrected chi connectivity index (χ1v) is 8.84. The number of benzene rings is 3. The van der Waals surface area contributed by atoms with Gasteiger partial charge in [0.1, 0.15) is 0 Å². The van der Waals surface area contributed by atoms with Gasteiger partial charge in [-0.05, 0) is 22.6 Å². The predicted octanol–water partition coefficient (Wildman–Crippen LogP) is 2.78. The summed E-state index contributed by atoms with van der Waals surface area (Å²) in [5.74, 6) is 0. The molecule has 3 N–H and O–H groups in total. The fraction of sp³-hybridized carbons (Fsp3) is 0.111. The Labute approximate surface area is 136 Å². The Morgan fingerprint density at radius 1 is 0.870 bits per heavy atom. The van der Waals surface area contributed by atoms with Gasteiger partial charge in [-0.3, -0.25) is 0 Å². The van der Waals surface area contributed by atoms with Crippen LogP contribution >= 0.6 is 0 Å². The second-order valence-corrected chi connectivity index (χ2v) is 7.06. The third-order valence-electron chi connectivity index (χ3n) is 3.73. The van der Waals surface area contributed by atoms with Crippen LogP contribution in [0.4, 0.5) is 0 Å². The molecule has 0 aliphatic rings. The minimum Gasteiger partial charge on any atom is -0.326 e. The molecule has 0 aliphatic carbocycles. The summed E-state index contributed by atoms with van der Waals surface area (Å²) in [6.07, 6.45) is 0. The Morgan fingerprint density at radius 2 is 1.57 bits per heavy atom. The number of hydrogen-bond donors (Lipinski definition) is 2. The minimum absolute atomic E-state index is 0.236. The molecule has 118 valence electrons. The zero-order valence-electron chi connectivity index (χ0n) is 12.6. The molecule has 0 heterocycles. The van der Waals surface area contributed by atoms with E-state index in [1.807, 2.05) is 54.6 Å². The van der Waals surface area contributed by atoms with Gasteiger partial charge in [-0.2, -0.15) is 0 Å². The van der Waals surface area contributed by atoms with Crippen LogP contribution in [0.15, 0.2) is 71.6 Å². The average molecular weight is 326 g/mol. The van der Waals surface area contributed by atoms with Gasteiger partial charge in [0.25, 0.3) is 0 Å². The minimum atomic E-state index is -3.59. The van der Waals surface area contributed by atoms with Crippen molar-refractivity contribution in [1.29, 1.82) is 0 Å². The summed E-state index contributed by atoms with van der Waals surface area (Å²) < 4.78 is 27.9. The fourth-order valence-corrected chi connectivity index (χ4v) is 3.80. The van der Waals surface area contributed by atoms with E-state index in [9.17, 15) is 8.42 Å². The molecule has 0 radical (unpaired) electrons. The molecule has 23 heavy (non-hydrogen) atoms. The molecule has 0 spiro atoms. The first kappa shape index (κ1) is 15.7. The molecule has 4 nitrogen and oxygen atoms in total. The van der Waals surface area contributed by atoms with Gasteiger partial charge in [-0.15, -0.1) is 0 Å². The van der Waals surface area contributed by atoms with Gasteiger partial charge in [-0.1, -0.05) is 60.7 Å². The van der Waals surface area contributed by atoms with Crippen LogP contribution in [0.5, 0.6) is 0 Å². The molecule has 0 unspecified atom stereocenters. The monoisotopic (exact) mass is 326 g/mol. The van der Waals surface area contributed by atoms with Crippen LogP contribution in [0.25, 0.3) is 10.8 Å². The highest BCUT2D eigenvalue weighted by Crippen LogP contribution is 2.22. The van der Waals surface area contributed by atoms with E-state index >= 15 is 0 Å². The van der Waals surface area contributed by atoms with Crippen LogP contribution in [-0.4, -0.2) is 8.42 Å². The maximum Gasteiger partial charge on any atom is 0.241 e. The van der Waals surface area contributed by atoms with Crippen molar-refractivity contribution in [1.82, 2.24) is 4.72 Å². The van der Waals surface area contributed by atoms with Gasteiger partial charge in [0.05, 0.1) is 4.90 Å². The van der Waals surface area contributed by atoms with Crippen molar-refractivity contribution in [2.45, 2.75) is 18.0 Å². The van der Waals surface area contributed by atoms with Crippen molar-refractivity contribution in [2.24, 2.45) is 5.73 Å². The standard InChI is InChI=1S/C18H18N2O2S/c19-12-14-5-3-6-15(11-14)13-20-23(21,22)18-10-4-8-16-7-1-2-9-17(16)18/h1-11,20H,12-13,19H2. The van der Waals surface area contributed by atoms with Crippen molar-refractivity contribution < 1.29 is 8.42 Å². The number of fused-ring (bicyclic) bond motifs is 1. The quantitative estimate of drug-likeness (QED) is 0.757. The number of nitrogens with one attached hydrogen (secondary N) is 1. The highest BCUT2D eigenvalue weighted by molar-refractivity contribution is 7.89. The van der Waals surface area contributed by atoms with E-state index in [0.29, 0.717) is 11.4 Å². The second-order valence-electron chi connectivity index (χ2n) is 5.33. The summed E-state index contributed by atoms with van der Waals surface area (Å²) in [4.78, 5) is 0.297. The summed E-state index contributed by atoms with van der Waals surface area (Å²) in [7, 11) is -3.59. The molecule has 0 aliphatic heterocycles. The van der Waals surface area contributed by atoms with E-state index in [4.69, 9.17) is 5.73 Å². The molecule has 3 aromatic rings. The Kier molecular flexibility index (Phi) is 4.43. The molecule has 0 atom stereocenters. The summed E-state index contributed by atoms with van der Waals surface area (Å²) >= 11 is 0. The van der Waals surface area contributed by atoms with E-state index in [-0.39, 0.29) is 6.54 Å². The highest BCUT2D eigenvalue weighted by Gasteiger charge is 2.16. The van der Waals surface area contributed by atoms with E-state index in [2.05, 4.69) is 4.72 Å². The van der Waals surface area contributed by atoms with Crippen molar-refractivity contribution in [3.8, 4) is 0 Å². The number of rotatable bonds is 5. The summed E-state index contributed by atoms with van der Waals surface area (Å²) in [6, 6.07) is 20.3. The normalized spacial score (nSPS) is 11.7. The SMILES string of the molecule is NCc1cccc(CNS(=O)(=O)c2cccc3ccccc23)c1. The molecule has 5 heteroatoms. The van der Waals surface area contributed by atoms with E-state index < -0.39 is 10.0 Å². The zero-order chi connectivity index (χ0) is 16.3. The highest BCUT2D eigenvalue weighted by atomic mass is 32.2. The molecule has 3 aromatic carbocycles. The summed E-state index contributed by atoms with van der Waals surface area (Å²) in [5.41, 5.74) is 7.48. The largest absolute Gasteiger partial charge is 0.326 e. The number of sulfonamides is 1. The maximum absolute atomic E-state index is 12.6. The topological polar surface area (TPSA) is 72.2 Å². The van der Waals surface area contributed by atoms with Gasteiger partial charge in [0.2, 0.25) is 10.0 Å². The lowest BCUT2D eigenvalue weighted by molar-refractivity contribution is 0.582. The average Bonchev–Trinajstić information content (AvgIpc) is 2.60. The lowest BCUT2D eigenvalue weighted by Gasteiger charge is -2.10. The lowest BCUT2D eigenvalue weighted by Crippen LogP contribution is -2.23. The zero-order valence-corrected chi connectivity index (χ0v) is 13.4. The van der Waals surface area contributed by atoms with Crippen LogP contribution in [0.1, 0.15) is 11.1 Å². The molecule has 0 saturated heterocycles. The third-order valence-corrected chi connectivity index (χ3v) is 5.19. The Hall–Kier alpha value is -2.21. The molecular formula is C18H18N2O2S. The smallest absolute Gasteiger partial charge is 0.241 e. The van der Waals surface area contributed by atoms with Crippen LogP contribution in [-0.2, 0) is 23.1 Å². The summed E-state index contributed by atoms with van der Waals surface area (Å²) in [6.45, 7) is 0.670. The first-order chi connectivity index (χ1) is 11.1. The van der Waals surface area contributed by atoms with Crippen molar-refractivity contribution >= 4 is 20.8 Å².